The first-order chi connectivity index (χ1) is 11.0. The van der Waals surface area contributed by atoms with Gasteiger partial charge in [0.2, 0.25) is 0 Å². The van der Waals surface area contributed by atoms with E-state index in [1.54, 1.807) is 10.7 Å². The van der Waals surface area contributed by atoms with E-state index in [2.05, 4.69) is 50.1 Å². The maximum Gasteiger partial charge on any atom is 0.267 e. The number of nitrogens with one attached hydrogen (secondary N) is 1. The Bertz CT molecular complexity index is 839. The van der Waals surface area contributed by atoms with E-state index in [-0.39, 0.29) is 11.1 Å². The van der Waals surface area contributed by atoms with Crippen molar-refractivity contribution in [1.29, 1.82) is 0 Å². The normalized spacial score (nSPS) is 11.6. The van der Waals surface area contributed by atoms with E-state index in [0.29, 0.717) is 0 Å². The average Bonchev–Trinajstić information content (AvgIpc) is 2.93. The van der Waals surface area contributed by atoms with Gasteiger partial charge in [0.15, 0.2) is 0 Å². The summed E-state index contributed by atoms with van der Waals surface area (Å²) in [7, 11) is 0. The van der Waals surface area contributed by atoms with Crippen molar-refractivity contribution >= 4 is 0 Å². The lowest BCUT2D eigenvalue weighted by molar-refractivity contribution is 0.309. The summed E-state index contributed by atoms with van der Waals surface area (Å²) >= 11 is 0. The molecular formula is C20H22N2O. The van der Waals surface area contributed by atoms with Crippen molar-refractivity contribution in [3.63, 3.8) is 0 Å². The number of aromatic nitrogens is 2. The van der Waals surface area contributed by atoms with Crippen molar-refractivity contribution in [2.24, 2.45) is 0 Å². The van der Waals surface area contributed by atoms with Gasteiger partial charge < -0.3 is 0 Å². The second kappa shape index (κ2) is 5.92. The SMILES string of the molecule is Cc1ccc(CC(C)(C)n2[nH]c(-c3ccccc3)cc2=O)cc1. The summed E-state index contributed by atoms with van der Waals surface area (Å²) in [6, 6.07) is 20.1. The van der Waals surface area contributed by atoms with Crippen LogP contribution >= 0.6 is 0 Å². The van der Waals surface area contributed by atoms with Crippen LogP contribution in [0.3, 0.4) is 0 Å². The van der Waals surface area contributed by atoms with E-state index in [1.165, 1.54) is 11.1 Å². The lowest BCUT2D eigenvalue weighted by Crippen LogP contribution is -2.37. The molecule has 0 radical (unpaired) electrons. The van der Waals surface area contributed by atoms with Gasteiger partial charge in [-0.3, -0.25) is 9.89 Å². The Morgan fingerprint density at radius 1 is 1.00 bits per heavy atom. The minimum Gasteiger partial charge on any atom is -0.294 e. The molecule has 0 aliphatic heterocycles. The van der Waals surface area contributed by atoms with Crippen LogP contribution in [-0.4, -0.2) is 9.78 Å². The summed E-state index contributed by atoms with van der Waals surface area (Å²) in [6.45, 7) is 6.25. The lowest BCUT2D eigenvalue weighted by Gasteiger charge is -2.26. The smallest absolute Gasteiger partial charge is 0.267 e. The molecule has 3 nitrogen and oxygen atoms in total. The standard InChI is InChI=1S/C20H22N2O/c1-15-9-11-16(12-10-15)14-20(2,3)22-19(23)13-18(21-22)17-7-5-4-6-8-17/h4-13,21H,14H2,1-3H3. The zero-order valence-corrected chi connectivity index (χ0v) is 13.8. The van der Waals surface area contributed by atoms with Gasteiger partial charge in [0.1, 0.15) is 0 Å². The molecule has 0 spiro atoms. The predicted molar refractivity (Wildman–Crippen MR) is 94.7 cm³/mol. The van der Waals surface area contributed by atoms with E-state index in [0.717, 1.165) is 17.7 Å². The van der Waals surface area contributed by atoms with Gasteiger partial charge in [-0.15, -0.1) is 0 Å². The van der Waals surface area contributed by atoms with Gasteiger partial charge in [-0.1, -0.05) is 60.2 Å². The van der Waals surface area contributed by atoms with E-state index < -0.39 is 0 Å². The summed E-state index contributed by atoms with van der Waals surface area (Å²) < 4.78 is 1.73. The fourth-order valence-electron chi connectivity index (χ4n) is 2.90. The molecule has 3 rings (SSSR count). The third kappa shape index (κ3) is 3.29. The summed E-state index contributed by atoms with van der Waals surface area (Å²) in [6.07, 6.45) is 0.794. The van der Waals surface area contributed by atoms with Crippen LogP contribution in [0.5, 0.6) is 0 Å². The molecular weight excluding hydrogens is 284 g/mol. The molecule has 1 aromatic heterocycles. The first kappa shape index (κ1) is 15.3. The van der Waals surface area contributed by atoms with Gasteiger partial charge in [-0.2, -0.15) is 0 Å². The molecule has 0 aliphatic rings. The van der Waals surface area contributed by atoms with Crippen LogP contribution in [0.2, 0.25) is 0 Å². The monoisotopic (exact) mass is 306 g/mol. The topological polar surface area (TPSA) is 37.8 Å². The van der Waals surface area contributed by atoms with E-state index in [4.69, 9.17) is 0 Å². The summed E-state index contributed by atoms with van der Waals surface area (Å²) in [4.78, 5) is 12.4. The molecule has 0 aliphatic carbocycles. The van der Waals surface area contributed by atoms with Gasteiger partial charge >= 0.3 is 0 Å². The molecule has 0 atom stereocenters. The molecule has 0 unspecified atom stereocenters. The van der Waals surface area contributed by atoms with Crippen molar-refractivity contribution in [1.82, 2.24) is 9.78 Å². The molecule has 3 heteroatoms. The highest BCUT2D eigenvalue weighted by Crippen LogP contribution is 2.22. The third-order valence-corrected chi connectivity index (χ3v) is 4.17. The Balaban J connectivity index is 1.92. The largest absolute Gasteiger partial charge is 0.294 e. The fraction of sp³-hybridized carbons (Fsp3) is 0.250. The second-order valence-electron chi connectivity index (χ2n) is 6.68. The van der Waals surface area contributed by atoms with E-state index in [9.17, 15) is 4.79 Å². The van der Waals surface area contributed by atoms with Crippen LogP contribution in [0.25, 0.3) is 11.3 Å². The maximum atomic E-state index is 12.4. The number of benzene rings is 2. The maximum absolute atomic E-state index is 12.4. The molecule has 23 heavy (non-hydrogen) atoms. The Labute approximate surface area is 136 Å². The third-order valence-electron chi connectivity index (χ3n) is 4.17. The average molecular weight is 306 g/mol. The van der Waals surface area contributed by atoms with Crippen LogP contribution in [-0.2, 0) is 12.0 Å². The Hall–Kier alpha value is -2.55. The minimum absolute atomic E-state index is 0.000893. The number of nitrogens with zero attached hydrogens (tertiary/aromatic N) is 1. The van der Waals surface area contributed by atoms with Crippen LogP contribution in [0.4, 0.5) is 0 Å². The Morgan fingerprint density at radius 3 is 2.30 bits per heavy atom. The van der Waals surface area contributed by atoms with Gasteiger partial charge in [-0.25, -0.2) is 4.68 Å². The molecule has 1 heterocycles. The highest BCUT2D eigenvalue weighted by molar-refractivity contribution is 5.58. The molecule has 0 fully saturated rings. The van der Waals surface area contributed by atoms with Gasteiger partial charge in [0.25, 0.3) is 5.56 Å². The number of hydrogen-bond acceptors (Lipinski definition) is 1. The van der Waals surface area contributed by atoms with Crippen LogP contribution in [0.1, 0.15) is 25.0 Å². The Morgan fingerprint density at radius 2 is 1.65 bits per heavy atom. The van der Waals surface area contributed by atoms with Crippen molar-refractivity contribution < 1.29 is 0 Å². The van der Waals surface area contributed by atoms with Gasteiger partial charge in [0, 0.05) is 6.07 Å². The summed E-state index contributed by atoms with van der Waals surface area (Å²) in [5.74, 6) is 0. The predicted octanol–water partition coefficient (Wildman–Crippen LogP) is 4.13. The first-order valence-corrected chi connectivity index (χ1v) is 7.89. The van der Waals surface area contributed by atoms with Gasteiger partial charge in [-0.05, 0) is 38.3 Å². The van der Waals surface area contributed by atoms with Crippen molar-refractivity contribution in [3.8, 4) is 11.3 Å². The zero-order chi connectivity index (χ0) is 16.4. The molecule has 0 bridgehead atoms. The second-order valence-corrected chi connectivity index (χ2v) is 6.68. The molecule has 1 N–H and O–H groups in total. The minimum atomic E-state index is -0.320. The quantitative estimate of drug-likeness (QED) is 0.773. The zero-order valence-electron chi connectivity index (χ0n) is 13.8. The van der Waals surface area contributed by atoms with E-state index in [1.807, 2.05) is 30.3 Å². The number of hydrogen-bond donors (Lipinski definition) is 1. The number of H-pyrrole nitrogens is 1. The van der Waals surface area contributed by atoms with Gasteiger partial charge in [0.05, 0.1) is 11.2 Å². The molecule has 0 saturated carbocycles. The molecule has 118 valence electrons. The lowest BCUT2D eigenvalue weighted by atomic mass is 9.95. The van der Waals surface area contributed by atoms with Crippen molar-refractivity contribution in [3.05, 3.63) is 82.1 Å². The Kier molecular flexibility index (Phi) is 3.95. The van der Waals surface area contributed by atoms with Crippen molar-refractivity contribution in [2.75, 3.05) is 0 Å². The number of aromatic amines is 1. The highest BCUT2D eigenvalue weighted by atomic mass is 16.1. The van der Waals surface area contributed by atoms with Crippen LogP contribution in [0, 0.1) is 6.92 Å². The highest BCUT2D eigenvalue weighted by Gasteiger charge is 2.24. The fourth-order valence-corrected chi connectivity index (χ4v) is 2.90. The molecule has 2 aromatic carbocycles. The number of rotatable bonds is 4. The van der Waals surface area contributed by atoms with Crippen LogP contribution < -0.4 is 5.56 Å². The first-order valence-electron chi connectivity index (χ1n) is 7.89. The van der Waals surface area contributed by atoms with Crippen molar-refractivity contribution in [2.45, 2.75) is 32.7 Å². The molecule has 0 amide bonds. The molecule has 0 saturated heterocycles. The molecule has 3 aromatic rings. The van der Waals surface area contributed by atoms with Crippen LogP contribution in [0.15, 0.2) is 65.5 Å². The summed E-state index contributed by atoms with van der Waals surface area (Å²) in [5.41, 5.74) is 4.03. The van der Waals surface area contributed by atoms with E-state index >= 15 is 0 Å². The summed E-state index contributed by atoms with van der Waals surface area (Å²) in [5, 5.41) is 3.27. The number of aryl methyl sites for hydroxylation is 1.